The molecule has 1 aliphatic carbocycles. The fraction of sp³-hybridized carbons (Fsp3) is 0.962. The second-order valence-corrected chi connectivity index (χ2v) is 22.2. The van der Waals surface area contributed by atoms with E-state index in [9.17, 15) is 0 Å². The zero-order chi connectivity index (χ0) is 45.4. The standard InChI is InChI=1S/C10H21NO.C10H23N.C8H16O.C8H18O.C7H12O.C6H15N.4CH4/c1-10(2,3)11-7-5-6-9(11)8-12-4;1-7-11(8-9(2)3)10(4,5)6;1-8(2,3)9-6-7-4-5-7;1-6-7(2)9-8(3,4)5;1-5-6-8-7(2,3)4;1-6(2,3)7(4)5;;;;/h9H,5-8H2,1-4H3;9H,7-8H2,1-6H3;7H,4-6H2,1-3H3;7H,6H2,1-5H3;1H,6H2,2-4H3;1-5H3;4*1H4. The van der Waals surface area contributed by atoms with Crippen LogP contribution in [0.25, 0.3) is 0 Å². The van der Waals surface area contributed by atoms with Crippen LogP contribution in [-0.2, 0) is 18.9 Å². The Labute approximate surface area is 383 Å². The van der Waals surface area contributed by atoms with E-state index in [2.05, 4.69) is 173 Å². The molecule has 0 bridgehead atoms. The van der Waals surface area contributed by atoms with Gasteiger partial charge in [0.15, 0.2) is 0 Å². The molecular formula is C53H121N3O4. The van der Waals surface area contributed by atoms with Crippen LogP contribution in [0.5, 0.6) is 0 Å². The van der Waals surface area contributed by atoms with Gasteiger partial charge in [-0.25, -0.2) is 0 Å². The highest BCUT2D eigenvalue weighted by atomic mass is 16.5. The van der Waals surface area contributed by atoms with E-state index in [0.29, 0.717) is 35.4 Å². The summed E-state index contributed by atoms with van der Waals surface area (Å²) in [5.74, 6) is 4.07. The Morgan fingerprint density at radius 2 is 1.10 bits per heavy atom. The molecule has 1 saturated carbocycles. The summed E-state index contributed by atoms with van der Waals surface area (Å²) in [4.78, 5) is 7.25. The molecule has 2 fully saturated rings. The minimum absolute atomic E-state index is 0. The Morgan fingerprint density at radius 1 is 0.667 bits per heavy atom. The summed E-state index contributed by atoms with van der Waals surface area (Å²) >= 11 is 0. The van der Waals surface area contributed by atoms with Gasteiger partial charge in [-0.15, -0.1) is 6.42 Å². The number of nitrogens with zero attached hydrogens (tertiary/aromatic N) is 3. The molecular weight excluding hydrogens is 743 g/mol. The minimum atomic E-state index is -0.0909. The van der Waals surface area contributed by atoms with E-state index in [0.717, 1.165) is 38.0 Å². The third kappa shape index (κ3) is 55.3. The van der Waals surface area contributed by atoms with Crippen molar-refractivity contribution in [3.05, 3.63) is 0 Å². The van der Waals surface area contributed by atoms with Crippen molar-refractivity contribution in [3.63, 3.8) is 0 Å². The molecule has 0 aromatic rings. The third-order valence-corrected chi connectivity index (χ3v) is 9.02. The summed E-state index contributed by atoms with van der Waals surface area (Å²) < 4.78 is 21.5. The van der Waals surface area contributed by atoms with Gasteiger partial charge in [0.25, 0.3) is 0 Å². The summed E-state index contributed by atoms with van der Waals surface area (Å²) in [7, 11) is 5.96. The maximum atomic E-state index is 5.59. The van der Waals surface area contributed by atoms with E-state index < -0.39 is 0 Å². The lowest BCUT2D eigenvalue weighted by Gasteiger charge is -2.36. The summed E-state index contributed by atoms with van der Waals surface area (Å²) in [5.41, 5.74) is 0.975. The molecule has 0 aromatic carbocycles. The Balaban J connectivity index is -0.0000000897. The number of rotatable bonds is 10. The van der Waals surface area contributed by atoms with Crippen LogP contribution in [0.1, 0.15) is 221 Å². The van der Waals surface area contributed by atoms with E-state index in [4.69, 9.17) is 25.4 Å². The Hall–Kier alpha value is -0.720. The molecule has 1 heterocycles. The molecule has 2 rings (SSSR count). The molecule has 7 heteroatoms. The first-order chi connectivity index (χ1) is 25.0. The molecule has 0 radical (unpaired) electrons. The average Bonchev–Trinajstić information content (AvgIpc) is 3.71. The van der Waals surface area contributed by atoms with Crippen molar-refractivity contribution >= 4 is 0 Å². The van der Waals surface area contributed by atoms with Gasteiger partial charge in [-0.05, 0) is 203 Å². The zero-order valence-electron chi connectivity index (χ0n) is 43.1. The Kier molecular flexibility index (Phi) is 46.7. The topological polar surface area (TPSA) is 46.6 Å². The van der Waals surface area contributed by atoms with E-state index in [1.165, 1.54) is 38.8 Å². The second-order valence-electron chi connectivity index (χ2n) is 22.2. The predicted molar refractivity (Wildman–Crippen MR) is 277 cm³/mol. The molecule has 1 saturated heterocycles. The van der Waals surface area contributed by atoms with Crippen LogP contribution < -0.4 is 0 Å². The van der Waals surface area contributed by atoms with Crippen molar-refractivity contribution in [2.24, 2.45) is 11.8 Å². The molecule has 2 unspecified atom stereocenters. The molecule has 60 heavy (non-hydrogen) atoms. The molecule has 1 aliphatic heterocycles. The third-order valence-electron chi connectivity index (χ3n) is 9.02. The second kappa shape index (κ2) is 36.6. The molecule has 2 atom stereocenters. The van der Waals surface area contributed by atoms with E-state index in [1.54, 1.807) is 7.11 Å². The largest absolute Gasteiger partial charge is 0.383 e. The quantitative estimate of drug-likeness (QED) is 0.203. The fourth-order valence-electron chi connectivity index (χ4n) is 5.00. The van der Waals surface area contributed by atoms with Gasteiger partial charge in [-0.3, -0.25) is 9.80 Å². The number of terminal acetylenes is 1. The van der Waals surface area contributed by atoms with Gasteiger partial charge in [0, 0.05) is 36.3 Å². The fourth-order valence-corrected chi connectivity index (χ4v) is 5.00. The first kappa shape index (κ1) is 76.6. The number of methoxy groups -OCH3 is 1. The van der Waals surface area contributed by atoms with E-state index >= 15 is 0 Å². The Bertz CT molecular complexity index is 944. The van der Waals surface area contributed by atoms with Crippen molar-refractivity contribution in [2.75, 3.05) is 60.7 Å². The Morgan fingerprint density at radius 3 is 1.30 bits per heavy atom. The lowest BCUT2D eigenvalue weighted by Crippen LogP contribution is -2.46. The van der Waals surface area contributed by atoms with Crippen molar-refractivity contribution in [2.45, 2.75) is 267 Å². The molecule has 0 N–H and O–H groups in total. The van der Waals surface area contributed by atoms with Gasteiger partial charge >= 0.3 is 0 Å². The zero-order valence-corrected chi connectivity index (χ0v) is 43.1. The smallest absolute Gasteiger partial charge is 0.108 e. The average molecular weight is 865 g/mol. The van der Waals surface area contributed by atoms with Crippen LogP contribution in [0.4, 0.5) is 0 Å². The number of hydrogen-bond acceptors (Lipinski definition) is 7. The van der Waals surface area contributed by atoms with Crippen molar-refractivity contribution < 1.29 is 18.9 Å². The summed E-state index contributed by atoms with van der Waals surface area (Å²) in [6, 6.07) is 0.648. The van der Waals surface area contributed by atoms with Crippen LogP contribution in [0, 0.1) is 24.2 Å². The molecule has 0 spiro atoms. The van der Waals surface area contributed by atoms with Gasteiger partial charge in [0.05, 0.1) is 36.1 Å². The summed E-state index contributed by atoms with van der Waals surface area (Å²) in [6.07, 6.45) is 11.8. The van der Waals surface area contributed by atoms with E-state index in [1.807, 2.05) is 20.8 Å². The van der Waals surface area contributed by atoms with E-state index in [-0.39, 0.29) is 46.5 Å². The highest BCUT2D eigenvalue weighted by Gasteiger charge is 2.32. The van der Waals surface area contributed by atoms with Gasteiger partial charge in [0.2, 0.25) is 0 Å². The summed E-state index contributed by atoms with van der Waals surface area (Å²) in [5, 5.41) is 0. The lowest BCUT2D eigenvalue weighted by molar-refractivity contribution is -0.0521. The maximum absolute atomic E-state index is 5.59. The highest BCUT2D eigenvalue weighted by molar-refractivity contribution is 4.88. The van der Waals surface area contributed by atoms with Gasteiger partial charge in [0.1, 0.15) is 6.61 Å². The van der Waals surface area contributed by atoms with Crippen molar-refractivity contribution in [1.82, 2.24) is 14.7 Å². The highest BCUT2D eigenvalue weighted by Crippen LogP contribution is 2.30. The van der Waals surface area contributed by atoms with Crippen LogP contribution in [0.15, 0.2) is 0 Å². The first-order valence-electron chi connectivity index (χ1n) is 22.0. The number of ether oxygens (including phenoxy) is 4. The molecule has 0 aromatic heterocycles. The minimum Gasteiger partial charge on any atom is -0.383 e. The van der Waals surface area contributed by atoms with Crippen LogP contribution in [0.2, 0.25) is 0 Å². The summed E-state index contributed by atoms with van der Waals surface area (Å²) in [6.45, 7) is 55.6. The molecule has 372 valence electrons. The van der Waals surface area contributed by atoms with Gasteiger partial charge in [-0.1, -0.05) is 63.3 Å². The van der Waals surface area contributed by atoms with Crippen molar-refractivity contribution in [1.29, 1.82) is 0 Å². The maximum Gasteiger partial charge on any atom is 0.108 e. The van der Waals surface area contributed by atoms with Crippen LogP contribution >= 0.6 is 0 Å². The molecule has 0 amide bonds. The van der Waals surface area contributed by atoms with Crippen LogP contribution in [0.3, 0.4) is 0 Å². The number of likely N-dealkylation sites (tertiary alicyclic amines) is 1. The predicted octanol–water partition coefficient (Wildman–Crippen LogP) is 14.8. The number of hydrogen-bond donors (Lipinski definition) is 0. The molecule has 7 nitrogen and oxygen atoms in total. The molecule has 2 aliphatic rings. The van der Waals surface area contributed by atoms with Gasteiger partial charge in [-0.2, -0.15) is 0 Å². The lowest BCUT2D eigenvalue weighted by atomic mass is 10.0. The normalized spacial score (nSPS) is 16.0. The van der Waals surface area contributed by atoms with Crippen LogP contribution in [-0.4, -0.2) is 121 Å². The monoisotopic (exact) mass is 864 g/mol. The first-order valence-corrected chi connectivity index (χ1v) is 22.0. The van der Waals surface area contributed by atoms with Gasteiger partial charge < -0.3 is 23.8 Å². The van der Waals surface area contributed by atoms with Crippen molar-refractivity contribution in [3.8, 4) is 12.3 Å². The SMILES string of the molecule is C.C.C.C.C#CCOC(C)(C)C.CC(C)(C)OCC1CC1.CCC(C)OC(C)(C)C.CCN(CC(C)C)C(C)(C)C.CN(C)C(C)(C)C.COCC1CCCN1C(C)(C)C.